The van der Waals surface area contributed by atoms with Gasteiger partial charge >= 0.3 is 6.09 Å². The molecule has 2 rings (SSSR count). The highest BCUT2D eigenvalue weighted by molar-refractivity contribution is 5.86. The van der Waals surface area contributed by atoms with Crippen LogP contribution in [0.15, 0.2) is 60.7 Å². The van der Waals surface area contributed by atoms with E-state index in [0.717, 1.165) is 11.1 Å². The van der Waals surface area contributed by atoms with Crippen molar-refractivity contribution in [2.24, 2.45) is 17.6 Å². The molecule has 0 fully saturated rings. The van der Waals surface area contributed by atoms with Crippen molar-refractivity contribution in [3.8, 4) is 0 Å². The Hall–Kier alpha value is -3.10. The van der Waals surface area contributed by atoms with Gasteiger partial charge in [0, 0.05) is 19.0 Å². The van der Waals surface area contributed by atoms with Crippen LogP contribution in [0.2, 0.25) is 0 Å². The zero-order valence-corrected chi connectivity index (χ0v) is 22.9. The van der Waals surface area contributed by atoms with Gasteiger partial charge < -0.3 is 26.4 Å². The molecule has 0 unspecified atom stereocenters. The molecule has 2 aromatic rings. The molecule has 0 spiro atoms. The molecule has 204 valence electrons. The molecule has 0 aliphatic heterocycles. The first-order chi connectivity index (χ1) is 17.2. The first-order valence-corrected chi connectivity index (χ1v) is 12.5. The first kappa shape index (κ1) is 31.9. The molecular formula is C28H41ClN4O4. The molecule has 0 radical (unpaired) electrons. The van der Waals surface area contributed by atoms with Crippen LogP contribution in [-0.4, -0.2) is 42.6 Å². The lowest BCUT2D eigenvalue weighted by molar-refractivity contribution is -0.125. The minimum atomic E-state index is -0.845. The number of alkyl carbamates (subject to hydrolysis) is 1. The molecule has 3 amide bonds. The highest BCUT2D eigenvalue weighted by Crippen LogP contribution is 2.08. The summed E-state index contributed by atoms with van der Waals surface area (Å²) in [6.07, 6.45) is 0.200. The number of nitrogens with two attached hydrogens (primary N) is 1. The van der Waals surface area contributed by atoms with E-state index in [0.29, 0.717) is 18.8 Å². The predicted octanol–water partition coefficient (Wildman–Crippen LogP) is 3.58. The average Bonchev–Trinajstić information content (AvgIpc) is 2.85. The summed E-state index contributed by atoms with van der Waals surface area (Å²) in [4.78, 5) is 38.1. The number of ether oxygens (including phenoxy) is 1. The number of nitrogens with one attached hydrogen (secondary N) is 3. The van der Waals surface area contributed by atoms with Crippen molar-refractivity contribution in [3.63, 3.8) is 0 Å². The van der Waals surface area contributed by atoms with Crippen molar-refractivity contribution < 1.29 is 19.1 Å². The summed E-state index contributed by atoms with van der Waals surface area (Å²) in [5.74, 6) is -0.228. The van der Waals surface area contributed by atoms with Crippen LogP contribution >= 0.6 is 12.4 Å². The Balaban J connectivity index is 0.00000684. The number of carbonyl (C=O) groups excluding carboxylic acids is 3. The van der Waals surface area contributed by atoms with Gasteiger partial charge in [-0.2, -0.15) is 0 Å². The van der Waals surface area contributed by atoms with E-state index in [2.05, 4.69) is 16.0 Å². The fourth-order valence-corrected chi connectivity index (χ4v) is 3.66. The van der Waals surface area contributed by atoms with E-state index in [1.165, 1.54) is 0 Å². The Morgan fingerprint density at radius 3 is 1.95 bits per heavy atom. The second-order valence-electron chi connectivity index (χ2n) is 9.79. The molecule has 8 nitrogen and oxygen atoms in total. The average molecular weight is 533 g/mol. The zero-order chi connectivity index (χ0) is 26.5. The van der Waals surface area contributed by atoms with Gasteiger partial charge in [-0.15, -0.1) is 12.4 Å². The summed E-state index contributed by atoms with van der Waals surface area (Å²) in [6.45, 7) is 8.26. The first-order valence-electron chi connectivity index (χ1n) is 12.5. The summed E-state index contributed by atoms with van der Waals surface area (Å²) in [5, 5.41) is 8.53. The lowest BCUT2D eigenvalue weighted by Gasteiger charge is -2.26. The second-order valence-corrected chi connectivity index (χ2v) is 9.79. The van der Waals surface area contributed by atoms with Crippen LogP contribution in [0.25, 0.3) is 0 Å². The van der Waals surface area contributed by atoms with E-state index >= 15 is 0 Å². The van der Waals surface area contributed by atoms with Gasteiger partial charge in [-0.3, -0.25) is 9.59 Å². The Kier molecular flexibility index (Phi) is 14.3. The fourth-order valence-electron chi connectivity index (χ4n) is 3.66. The van der Waals surface area contributed by atoms with Crippen molar-refractivity contribution in [1.82, 2.24) is 16.0 Å². The van der Waals surface area contributed by atoms with Crippen LogP contribution in [0.5, 0.6) is 0 Å². The molecular weight excluding hydrogens is 492 g/mol. The van der Waals surface area contributed by atoms with Crippen molar-refractivity contribution in [2.45, 2.75) is 65.3 Å². The zero-order valence-electron chi connectivity index (χ0n) is 22.1. The molecule has 0 aromatic heterocycles. The number of amides is 3. The lowest BCUT2D eigenvalue weighted by Crippen LogP contribution is -2.54. The van der Waals surface area contributed by atoms with Crippen molar-refractivity contribution in [3.05, 3.63) is 71.8 Å². The van der Waals surface area contributed by atoms with E-state index in [4.69, 9.17) is 10.5 Å². The molecule has 5 N–H and O–H groups in total. The number of hydrogen-bond donors (Lipinski definition) is 4. The molecule has 0 bridgehead atoms. The van der Waals surface area contributed by atoms with Crippen molar-refractivity contribution in [2.75, 3.05) is 6.54 Å². The summed E-state index contributed by atoms with van der Waals surface area (Å²) in [5.41, 5.74) is 7.77. The fraction of sp³-hybridized carbons (Fsp3) is 0.464. The molecule has 0 aliphatic carbocycles. The minimum absolute atomic E-state index is 0. The van der Waals surface area contributed by atoms with Gasteiger partial charge in [0.2, 0.25) is 11.8 Å². The standard InChI is InChI=1S/C28H40N4O4.ClH/c1-19(2)15-23(29)26(33)31-25(20(3)4)17-30-27(34)24(16-21-11-7-5-8-12-21)32-28(35)36-18-22-13-9-6-10-14-22;/h5-14,19-20,23-25H,15-18,29H2,1-4H3,(H,30,34)(H,31,33)(H,32,35);1H/t23-,24-,25+;/m0./s1. The van der Waals surface area contributed by atoms with Crippen molar-refractivity contribution in [1.29, 1.82) is 0 Å². The number of halogens is 1. The van der Waals surface area contributed by atoms with Gasteiger partial charge in [0.05, 0.1) is 6.04 Å². The highest BCUT2D eigenvalue weighted by Gasteiger charge is 2.25. The summed E-state index contributed by atoms with van der Waals surface area (Å²) in [7, 11) is 0. The Morgan fingerprint density at radius 1 is 0.838 bits per heavy atom. The quantitative estimate of drug-likeness (QED) is 0.314. The van der Waals surface area contributed by atoms with Gasteiger partial charge in [0.25, 0.3) is 0 Å². The van der Waals surface area contributed by atoms with Crippen LogP contribution in [0, 0.1) is 11.8 Å². The highest BCUT2D eigenvalue weighted by atomic mass is 35.5. The number of benzene rings is 2. The van der Waals surface area contributed by atoms with E-state index < -0.39 is 18.2 Å². The molecule has 0 aliphatic rings. The van der Waals surface area contributed by atoms with E-state index in [1.807, 2.05) is 88.4 Å². The van der Waals surface area contributed by atoms with Crippen LogP contribution < -0.4 is 21.7 Å². The maximum absolute atomic E-state index is 13.1. The van der Waals surface area contributed by atoms with Gasteiger partial charge in [0.15, 0.2) is 0 Å². The second kappa shape index (κ2) is 16.6. The molecule has 0 heterocycles. The van der Waals surface area contributed by atoms with Crippen LogP contribution in [0.3, 0.4) is 0 Å². The molecule has 0 saturated heterocycles. The summed E-state index contributed by atoms with van der Waals surface area (Å²) < 4.78 is 5.32. The van der Waals surface area contributed by atoms with Gasteiger partial charge in [-0.05, 0) is 29.4 Å². The number of hydrogen-bond acceptors (Lipinski definition) is 5. The van der Waals surface area contributed by atoms with Gasteiger partial charge in [-0.1, -0.05) is 88.4 Å². The monoisotopic (exact) mass is 532 g/mol. The molecule has 9 heteroatoms. The number of rotatable bonds is 13. The molecule has 37 heavy (non-hydrogen) atoms. The molecule has 0 saturated carbocycles. The Labute approximate surface area is 226 Å². The van der Waals surface area contributed by atoms with E-state index in [-0.39, 0.29) is 49.3 Å². The third kappa shape index (κ3) is 12.1. The normalized spacial score (nSPS) is 13.2. The SMILES string of the molecule is CC(C)C[C@H](N)C(=O)N[C@H](CNC(=O)[C@H](Cc1ccccc1)NC(=O)OCc1ccccc1)C(C)C.Cl. The van der Waals surface area contributed by atoms with Crippen LogP contribution in [-0.2, 0) is 27.4 Å². The summed E-state index contributed by atoms with van der Waals surface area (Å²) in [6, 6.07) is 17.0. The predicted molar refractivity (Wildman–Crippen MR) is 148 cm³/mol. The maximum Gasteiger partial charge on any atom is 0.408 e. The minimum Gasteiger partial charge on any atom is -0.445 e. The van der Waals surface area contributed by atoms with E-state index in [9.17, 15) is 14.4 Å². The lowest BCUT2D eigenvalue weighted by atomic mass is 10.0. The largest absolute Gasteiger partial charge is 0.445 e. The maximum atomic E-state index is 13.1. The summed E-state index contributed by atoms with van der Waals surface area (Å²) >= 11 is 0. The number of carbonyl (C=O) groups is 3. The van der Waals surface area contributed by atoms with Crippen LogP contribution in [0.1, 0.15) is 45.2 Å². The van der Waals surface area contributed by atoms with E-state index in [1.54, 1.807) is 0 Å². The topological polar surface area (TPSA) is 123 Å². The Bertz CT molecular complexity index is 957. The third-order valence-electron chi connectivity index (χ3n) is 5.79. The smallest absolute Gasteiger partial charge is 0.408 e. The molecule has 3 atom stereocenters. The van der Waals surface area contributed by atoms with Crippen LogP contribution in [0.4, 0.5) is 4.79 Å². The Morgan fingerprint density at radius 2 is 1.41 bits per heavy atom. The van der Waals surface area contributed by atoms with Gasteiger partial charge in [0.1, 0.15) is 12.6 Å². The molecule has 2 aromatic carbocycles. The third-order valence-corrected chi connectivity index (χ3v) is 5.79. The van der Waals surface area contributed by atoms with Crippen molar-refractivity contribution >= 4 is 30.3 Å². The van der Waals surface area contributed by atoms with Gasteiger partial charge in [-0.25, -0.2) is 4.79 Å².